The zero-order chi connectivity index (χ0) is 19.7. The van der Waals surface area contributed by atoms with Crippen LogP contribution in [0.25, 0.3) is 0 Å². The first-order valence-electron chi connectivity index (χ1n) is 9.84. The largest absolute Gasteiger partial charge is 0.497 e. The van der Waals surface area contributed by atoms with Crippen LogP contribution in [-0.4, -0.2) is 31.7 Å². The number of anilines is 1. The third-order valence-electron chi connectivity index (χ3n) is 6.27. The van der Waals surface area contributed by atoms with Crippen molar-refractivity contribution in [1.29, 1.82) is 0 Å². The third-order valence-corrected chi connectivity index (χ3v) is 11.8. The number of rotatable bonds is 4. The lowest BCUT2D eigenvalue weighted by Gasteiger charge is -2.38. The Hall–Kier alpha value is -1.85. The zero-order valence-electron chi connectivity index (χ0n) is 17.6. The molecule has 0 radical (unpaired) electrons. The molecular weight excluding hydrogens is 350 g/mol. The van der Waals surface area contributed by atoms with Crippen LogP contribution in [0.15, 0.2) is 36.7 Å². The number of ether oxygens (including phenoxy) is 1. The Morgan fingerprint density at radius 1 is 1.11 bits per heavy atom. The Balaban J connectivity index is 1.95. The fourth-order valence-electron chi connectivity index (χ4n) is 3.56. The Bertz CT molecular complexity index is 784. The molecule has 1 aliphatic rings. The van der Waals surface area contributed by atoms with E-state index in [1.165, 1.54) is 16.3 Å². The maximum absolute atomic E-state index is 5.85. The van der Waals surface area contributed by atoms with E-state index in [1.54, 1.807) is 0 Å². The van der Waals surface area contributed by atoms with Gasteiger partial charge in [-0.15, -0.1) is 0 Å². The molecule has 0 amide bonds. The molecule has 0 saturated carbocycles. The number of nitrogens with one attached hydrogen (secondary N) is 1. The molecule has 0 spiro atoms. The lowest BCUT2D eigenvalue weighted by molar-refractivity contribution is 0.327. The number of hydrogen-bond acceptors (Lipinski definition) is 4. The molecule has 2 aromatic rings. The highest BCUT2D eigenvalue weighted by Gasteiger charge is 2.39. The molecular formula is C22H33N3OSi. The minimum absolute atomic E-state index is 0.272. The van der Waals surface area contributed by atoms with Gasteiger partial charge in [0.15, 0.2) is 0 Å². The lowest BCUT2D eigenvalue weighted by Crippen LogP contribution is -2.50. The van der Waals surface area contributed by atoms with Crippen molar-refractivity contribution in [3.05, 3.63) is 47.8 Å². The molecule has 4 nitrogen and oxygen atoms in total. The van der Waals surface area contributed by atoms with Gasteiger partial charge in [0, 0.05) is 25.5 Å². The smallest absolute Gasteiger partial charge is 0.118 e. The molecule has 0 atom stereocenters. The molecule has 0 aliphatic carbocycles. The van der Waals surface area contributed by atoms with Crippen molar-refractivity contribution < 1.29 is 4.74 Å². The summed E-state index contributed by atoms with van der Waals surface area (Å²) in [7, 11) is 0.121. The predicted octanol–water partition coefficient (Wildman–Crippen LogP) is 4.58. The Labute approximate surface area is 164 Å². The zero-order valence-corrected chi connectivity index (χ0v) is 18.6. The molecule has 0 unspecified atom stereocenters. The van der Waals surface area contributed by atoms with Gasteiger partial charge in [-0.25, -0.2) is 5.01 Å². The van der Waals surface area contributed by atoms with Gasteiger partial charge in [0.1, 0.15) is 5.75 Å². The minimum atomic E-state index is -1.69. The van der Waals surface area contributed by atoms with Gasteiger partial charge in [0.2, 0.25) is 0 Å². The monoisotopic (exact) mass is 383 g/mol. The second kappa shape index (κ2) is 7.64. The van der Waals surface area contributed by atoms with E-state index in [9.17, 15) is 0 Å². The maximum Gasteiger partial charge on any atom is 0.118 e. The molecule has 146 valence electrons. The number of fused-ring (bicyclic) bond motifs is 1. The van der Waals surface area contributed by atoms with Crippen molar-refractivity contribution >= 4 is 18.9 Å². The SMILES string of the molecule is COc1cc2c(cc1[Si](C)(C)C(C)(C)C)CN(Nc1ccncc1)CCC2. The van der Waals surface area contributed by atoms with E-state index in [4.69, 9.17) is 4.74 Å². The van der Waals surface area contributed by atoms with Gasteiger partial charge >= 0.3 is 0 Å². The fourth-order valence-corrected chi connectivity index (χ4v) is 5.69. The van der Waals surface area contributed by atoms with Crippen molar-refractivity contribution in [3.63, 3.8) is 0 Å². The van der Waals surface area contributed by atoms with E-state index >= 15 is 0 Å². The summed E-state index contributed by atoms with van der Waals surface area (Å²) in [5.74, 6) is 1.08. The molecule has 0 bridgehead atoms. The number of aryl methyl sites for hydroxylation is 1. The minimum Gasteiger partial charge on any atom is -0.497 e. The maximum atomic E-state index is 5.85. The Morgan fingerprint density at radius 3 is 2.44 bits per heavy atom. The lowest BCUT2D eigenvalue weighted by atomic mass is 10.0. The van der Waals surface area contributed by atoms with E-state index in [0.717, 1.165) is 37.4 Å². The fraction of sp³-hybridized carbons (Fsp3) is 0.500. The second-order valence-electron chi connectivity index (χ2n) is 9.07. The highest BCUT2D eigenvalue weighted by atomic mass is 28.3. The summed E-state index contributed by atoms with van der Waals surface area (Å²) in [6.45, 7) is 13.9. The van der Waals surface area contributed by atoms with Crippen molar-refractivity contribution in [2.45, 2.75) is 58.3 Å². The van der Waals surface area contributed by atoms with Crippen molar-refractivity contribution in [2.75, 3.05) is 19.1 Å². The first-order valence-corrected chi connectivity index (χ1v) is 12.8. The number of aromatic nitrogens is 1. The van der Waals surface area contributed by atoms with Crippen LogP contribution >= 0.6 is 0 Å². The third kappa shape index (κ3) is 4.19. The van der Waals surface area contributed by atoms with Gasteiger partial charge in [-0.3, -0.25) is 4.98 Å². The second-order valence-corrected chi connectivity index (χ2v) is 14.4. The quantitative estimate of drug-likeness (QED) is 0.784. The molecule has 1 N–H and O–H groups in total. The molecule has 2 heterocycles. The molecule has 0 saturated heterocycles. The summed E-state index contributed by atoms with van der Waals surface area (Å²) in [4.78, 5) is 4.11. The van der Waals surface area contributed by atoms with Crippen LogP contribution in [0.5, 0.6) is 5.75 Å². The first-order chi connectivity index (χ1) is 12.7. The average Bonchev–Trinajstić information content (AvgIpc) is 2.81. The highest BCUT2D eigenvalue weighted by molar-refractivity contribution is 6.92. The van der Waals surface area contributed by atoms with Crippen molar-refractivity contribution in [3.8, 4) is 5.75 Å². The van der Waals surface area contributed by atoms with E-state index < -0.39 is 8.07 Å². The van der Waals surface area contributed by atoms with Gasteiger partial charge in [-0.1, -0.05) is 39.9 Å². The Kier molecular flexibility index (Phi) is 5.63. The van der Waals surface area contributed by atoms with Crippen molar-refractivity contribution in [2.24, 2.45) is 0 Å². The predicted molar refractivity (Wildman–Crippen MR) is 116 cm³/mol. The van der Waals surface area contributed by atoms with Crippen LogP contribution in [0, 0.1) is 0 Å². The number of hydrazine groups is 1. The van der Waals surface area contributed by atoms with E-state index in [1.807, 2.05) is 31.6 Å². The van der Waals surface area contributed by atoms with Crippen LogP contribution in [0.3, 0.4) is 0 Å². The van der Waals surface area contributed by atoms with Crippen molar-refractivity contribution in [1.82, 2.24) is 9.99 Å². The first kappa shape index (κ1) is 19.9. The van der Waals surface area contributed by atoms with Gasteiger partial charge < -0.3 is 10.2 Å². The van der Waals surface area contributed by atoms with E-state index in [-0.39, 0.29) is 5.04 Å². The van der Waals surface area contributed by atoms with Crippen LogP contribution in [-0.2, 0) is 13.0 Å². The van der Waals surface area contributed by atoms with Crippen LogP contribution < -0.4 is 15.3 Å². The number of hydrogen-bond donors (Lipinski definition) is 1. The summed E-state index contributed by atoms with van der Waals surface area (Å²) >= 11 is 0. The normalized spacial score (nSPS) is 15.8. The summed E-state index contributed by atoms with van der Waals surface area (Å²) < 4.78 is 5.85. The highest BCUT2D eigenvalue weighted by Crippen LogP contribution is 2.38. The molecule has 5 heteroatoms. The number of benzene rings is 1. The molecule has 27 heavy (non-hydrogen) atoms. The molecule has 1 aromatic heterocycles. The van der Waals surface area contributed by atoms with Gasteiger partial charge in [-0.2, -0.15) is 0 Å². The van der Waals surface area contributed by atoms with Crippen LogP contribution in [0.4, 0.5) is 5.69 Å². The number of nitrogens with zero attached hydrogens (tertiary/aromatic N) is 2. The van der Waals surface area contributed by atoms with Gasteiger partial charge in [-0.05, 0) is 52.4 Å². The van der Waals surface area contributed by atoms with Crippen LogP contribution in [0.2, 0.25) is 18.1 Å². The van der Waals surface area contributed by atoms with E-state index in [2.05, 4.69) is 61.4 Å². The topological polar surface area (TPSA) is 37.4 Å². The summed E-state index contributed by atoms with van der Waals surface area (Å²) in [6, 6.07) is 8.78. The molecule has 1 aliphatic heterocycles. The molecule has 3 rings (SSSR count). The summed E-state index contributed by atoms with van der Waals surface area (Å²) in [6.07, 6.45) is 5.88. The van der Waals surface area contributed by atoms with E-state index in [0.29, 0.717) is 0 Å². The number of methoxy groups -OCH3 is 1. The van der Waals surface area contributed by atoms with Crippen LogP contribution in [0.1, 0.15) is 38.3 Å². The Morgan fingerprint density at radius 2 is 1.81 bits per heavy atom. The molecule has 0 fully saturated rings. The summed E-state index contributed by atoms with van der Waals surface area (Å²) in [5, 5.41) is 4.03. The van der Waals surface area contributed by atoms with Gasteiger partial charge in [0.25, 0.3) is 0 Å². The van der Waals surface area contributed by atoms with Gasteiger partial charge in [0.05, 0.1) is 20.9 Å². The molecule has 1 aromatic carbocycles. The average molecular weight is 384 g/mol. The standard InChI is InChI=1S/C22H33N3OSi/c1-22(2,3)27(5,6)21-15-18-16-25(24-19-9-11-23-12-10-19)13-7-8-17(18)14-20(21)26-4/h9-12,14-15H,7-8,13,16H2,1-6H3,(H,23,24). The number of pyridine rings is 1. The summed E-state index contributed by atoms with van der Waals surface area (Å²) in [5.41, 5.74) is 7.49.